The summed E-state index contributed by atoms with van der Waals surface area (Å²) < 4.78 is 6.33. The van der Waals surface area contributed by atoms with Crippen molar-refractivity contribution < 1.29 is 27.1 Å². The number of hydrogen-bond donors (Lipinski definition) is 1. The van der Waals surface area contributed by atoms with E-state index in [4.69, 9.17) is 194 Å². The zero-order valence-electron chi connectivity index (χ0n) is 62.0. The van der Waals surface area contributed by atoms with Gasteiger partial charge in [-0.05, 0) is 203 Å². The monoisotopic (exact) mass is 2120 g/mol. The van der Waals surface area contributed by atoms with Gasteiger partial charge < -0.3 is 24.0 Å². The molecule has 0 unspecified atom stereocenters. The molecule has 0 aliphatic carbocycles. The topological polar surface area (TPSA) is 164 Å². The van der Waals surface area contributed by atoms with Gasteiger partial charge in [0.2, 0.25) is 0 Å². The van der Waals surface area contributed by atoms with Gasteiger partial charge in [-0.3, -0.25) is 4.79 Å². The molecule has 0 aliphatic rings. The molecule has 29 heteroatoms. The average Bonchev–Trinajstić information content (AvgIpc) is 0.787. The van der Waals surface area contributed by atoms with Crippen LogP contribution in [0.25, 0.3) is 129 Å². The summed E-state index contributed by atoms with van der Waals surface area (Å²) in [4.78, 5) is 38.3. The third kappa shape index (κ3) is 33.1. The molecule has 0 aliphatic heterocycles. The van der Waals surface area contributed by atoms with Crippen LogP contribution in [-0.4, -0.2) is 59.0 Å². The van der Waals surface area contributed by atoms with Crippen LogP contribution in [0.3, 0.4) is 0 Å². The van der Waals surface area contributed by atoms with Crippen molar-refractivity contribution in [2.75, 3.05) is 0 Å². The Kier molecular flexibility index (Phi) is 37.7. The Labute approximate surface area is 760 Å². The van der Waals surface area contributed by atoms with E-state index < -0.39 is 28.6 Å². The van der Waals surface area contributed by atoms with Crippen molar-refractivity contribution in [2.45, 2.75) is 20.8 Å². The van der Waals surface area contributed by atoms with Crippen molar-refractivity contribution in [3.05, 3.63) is 374 Å². The van der Waals surface area contributed by atoms with Crippen molar-refractivity contribution in [2.24, 2.45) is 0 Å². The van der Waals surface area contributed by atoms with E-state index >= 15 is 0 Å². The summed E-state index contributed by atoms with van der Waals surface area (Å²) in [6.07, 6.45) is 0. The standard InChI is InChI=1S/C34H23Cl2N3.C34H23Cl2N2O.C13H8ClN.C8H7ClO.11ClH.H3N.H2O.2Sb/c1-22-12-14-25(15-13-22)32-37-33(28-16-26(18-30(35)20-28)23-8-4-2-5-9-23)39-34(38-32)29-17-27(19-31(36)21-29)24-10-6-3-7-11-24;1-22-12-14-25(15-13-22)33-37-32(28-16-26(18-30(35)20-28)23-8-4-2-5-9-23)38-34(39-33)29-17-27(19-31(36)21-29)24-10-6-3-7-11-24;1-15-13-8-11(7-12(14)9-13)10-5-3-2-4-6-10;1-6-2-4-7(5-3-6)8(9)10;;;;;;;;;;;;;;;/h2*2-21H,1H3;2-9H;2-5H,1H3;11*1H;1H3;1H2;;/q;+1;;;;;;;;;;;;;;;;2*+5/p-11. The average molecular weight is 2130 g/mol. The summed E-state index contributed by atoms with van der Waals surface area (Å²) in [5.41, 5.74) is 19.7. The van der Waals surface area contributed by atoms with Gasteiger partial charge in [-0.1, -0.05) is 275 Å². The Hall–Kier alpha value is -6.47. The van der Waals surface area contributed by atoms with Crippen molar-refractivity contribution in [1.29, 1.82) is 0 Å². The number of carbonyl (C=O) groups is 1. The molecule has 15 aromatic rings. The Balaban J connectivity index is 0.000000225. The van der Waals surface area contributed by atoms with E-state index in [2.05, 4.69) is 72.4 Å². The predicted molar refractivity (Wildman–Crippen MR) is 506 cm³/mol. The molecule has 0 fully saturated rings. The second kappa shape index (κ2) is 45.1. The van der Waals surface area contributed by atoms with Gasteiger partial charge in [-0.25, -0.2) is 19.8 Å². The fourth-order valence-corrected chi connectivity index (χ4v) is 12.4. The second-order valence-corrected chi connectivity index (χ2v) is 104. The van der Waals surface area contributed by atoms with Crippen molar-refractivity contribution >= 4 is 192 Å². The number of hydrogen-bond acceptors (Lipinski definition) is 7. The van der Waals surface area contributed by atoms with Crippen LogP contribution >= 0.6 is 158 Å². The Morgan fingerprint density at radius 1 is 0.297 bits per heavy atom. The van der Waals surface area contributed by atoms with E-state index in [-0.39, 0.29) is 24.0 Å². The normalized spacial score (nSPS) is 11.2. The number of carbonyl (C=O) groups excluding carboxylic acids is 1. The van der Waals surface area contributed by atoms with Crippen molar-refractivity contribution in [3.8, 4) is 124 Å². The van der Waals surface area contributed by atoms with Gasteiger partial charge in [-0.15, -0.1) is 9.97 Å². The molecule has 15 rings (SSSR count). The van der Waals surface area contributed by atoms with Crippen molar-refractivity contribution in [1.82, 2.24) is 31.1 Å². The van der Waals surface area contributed by atoms with Gasteiger partial charge in [0.25, 0.3) is 5.24 Å². The molecule has 2 heterocycles. The molecule has 10 nitrogen and oxygen atoms in total. The number of halogens is 17. The Bertz CT molecular complexity index is 5390. The molecule has 0 saturated heterocycles. The predicted octanol–water partition coefficient (Wildman–Crippen LogP) is 29.5. The molecule has 0 atom stereocenters. The maximum absolute atomic E-state index is 10.5. The van der Waals surface area contributed by atoms with Gasteiger partial charge in [0.05, 0.1) is 6.57 Å². The maximum atomic E-state index is 10.5. The van der Waals surface area contributed by atoms with Crippen LogP contribution < -0.4 is 18.6 Å². The molecule has 0 bridgehead atoms. The van der Waals surface area contributed by atoms with Crippen molar-refractivity contribution in [3.63, 3.8) is 0 Å². The molecule has 5 N–H and O–H groups in total. The van der Waals surface area contributed by atoms with Crippen LogP contribution in [0.1, 0.15) is 27.0 Å². The number of aryl methyl sites for hydroxylation is 3. The number of rotatable bonds is 12. The molecule has 13 aromatic carbocycles. The quantitative estimate of drug-likeness (QED) is 0.0547. The fraction of sp³-hybridized carbons (Fsp3) is 0.0337. The van der Waals surface area contributed by atoms with Gasteiger partial charge in [0, 0.05) is 52.9 Å². The fourth-order valence-electron chi connectivity index (χ4n) is 11.1. The molecule has 0 saturated carbocycles. The third-order valence-electron chi connectivity index (χ3n) is 16.3. The van der Waals surface area contributed by atoms with E-state index in [0.717, 1.165) is 106 Å². The Morgan fingerprint density at radius 3 is 0.822 bits per heavy atom. The molecule has 0 amide bonds. The van der Waals surface area contributed by atoms with Crippen LogP contribution in [0.4, 0.5) is 5.69 Å². The zero-order chi connectivity index (χ0) is 82.7. The van der Waals surface area contributed by atoms with Crippen LogP contribution in [0.2, 0.25) is 25.1 Å². The zero-order valence-corrected chi connectivity index (χ0v) is 80.0. The van der Waals surface area contributed by atoms with E-state index in [0.29, 0.717) is 71.4 Å². The summed E-state index contributed by atoms with van der Waals surface area (Å²) in [6, 6.07) is 103. The van der Waals surface area contributed by atoms with Gasteiger partial charge in [0.15, 0.2) is 29.0 Å². The SMILES string of the molecule is Cc1ccc(-c2nc(-c3cc(Cl)cc(-c4ccccc4)c3)nc(-c3cc(Cl)cc(-c4ccccc4)c3)[o+]2)cc1.Cc1ccc(-c2nc(-c3cc(Cl)cc(-c4ccccc4)c3)nc(-c3cc(Cl)cc(-c4ccccc4)c3)n2)cc1.Cc1ccc(C(=O)Cl)cc1.N.O.[C-]#[N+]c1cc(Cl)cc(-c2ccccc2)c1.[Cl-].[Cl][Sb]([Cl])([Cl])([Cl])[Cl].[Cl][Sb]([Cl])([Cl])([Cl])[Cl]. The molecule has 118 heavy (non-hydrogen) atoms. The number of nitrogens with zero attached hydrogens (tertiary/aromatic N) is 6. The number of aromatic nitrogens is 5. The Morgan fingerprint density at radius 2 is 0.525 bits per heavy atom. The summed E-state index contributed by atoms with van der Waals surface area (Å²) in [5, 5.41) is 2.61. The van der Waals surface area contributed by atoms with Crippen LogP contribution in [0.5, 0.6) is 0 Å². The summed E-state index contributed by atoms with van der Waals surface area (Å²) >= 11 is 28.9. The first-order valence-corrected chi connectivity index (χ1v) is 68.9. The molecular formula is C89H66Cl17N7O3Sb2. The minimum absolute atomic E-state index is 0. The van der Waals surface area contributed by atoms with Gasteiger partial charge in [0.1, 0.15) is 11.1 Å². The van der Waals surface area contributed by atoms with Crippen LogP contribution in [-0.2, 0) is 0 Å². The van der Waals surface area contributed by atoms with E-state index in [1.807, 2.05) is 250 Å². The minimum atomic E-state index is -4.33. The van der Waals surface area contributed by atoms with E-state index in [9.17, 15) is 4.79 Å². The molecular weight excluding hydrogens is 2060 g/mol. The summed E-state index contributed by atoms with van der Waals surface area (Å²) in [5.74, 6) is 3.03. The molecule has 2 aromatic heterocycles. The number of benzene rings is 13. The van der Waals surface area contributed by atoms with Crippen LogP contribution in [0, 0.1) is 27.3 Å². The third-order valence-corrected chi connectivity index (χ3v) is 17.6. The molecule has 0 radical (unpaired) electrons. The van der Waals surface area contributed by atoms with Gasteiger partial charge >= 0.3 is 123 Å². The first-order chi connectivity index (χ1) is 54.5. The van der Waals surface area contributed by atoms with Crippen LogP contribution in [0.15, 0.2) is 320 Å². The first kappa shape index (κ1) is 98.6. The molecule has 604 valence electrons. The van der Waals surface area contributed by atoms with Gasteiger partial charge in [-0.2, -0.15) is 4.42 Å². The van der Waals surface area contributed by atoms with E-state index in [1.165, 1.54) is 0 Å². The first-order valence-electron chi connectivity index (χ1n) is 34.3. The van der Waals surface area contributed by atoms with E-state index in [1.54, 1.807) is 18.2 Å². The summed E-state index contributed by atoms with van der Waals surface area (Å²) in [7, 11) is 50.5. The molecule has 0 spiro atoms. The summed E-state index contributed by atoms with van der Waals surface area (Å²) in [6.45, 7) is 13.0. The second-order valence-electron chi connectivity index (χ2n) is 25.3.